The molecule has 2 aromatic carbocycles. The first-order chi connectivity index (χ1) is 24.9. The normalized spacial score (nSPS) is 19.3. The van der Waals surface area contributed by atoms with Crippen LogP contribution in [0.5, 0.6) is 0 Å². The maximum Gasteiger partial charge on any atom is 0.407 e. The van der Waals surface area contributed by atoms with Crippen molar-refractivity contribution in [2.45, 2.75) is 68.3 Å². The van der Waals surface area contributed by atoms with Gasteiger partial charge in [0.05, 0.1) is 51.7 Å². The third-order valence-corrected chi connectivity index (χ3v) is 10.7. The van der Waals surface area contributed by atoms with Crippen molar-refractivity contribution in [1.29, 1.82) is 0 Å². The molecule has 0 spiro atoms. The molecule has 0 aromatic heterocycles. The lowest BCUT2D eigenvalue weighted by atomic mass is 9.98. The minimum atomic E-state index is -0.548. The summed E-state index contributed by atoms with van der Waals surface area (Å²) in [5, 5.41) is 14.8. The molecule has 5 N–H and O–H groups in total. The number of ether oxygens (including phenoxy) is 4. The lowest BCUT2D eigenvalue weighted by Crippen LogP contribution is -2.38. The van der Waals surface area contributed by atoms with E-state index in [4.69, 9.17) is 18.9 Å². The van der Waals surface area contributed by atoms with Gasteiger partial charge in [0.1, 0.15) is 6.61 Å². The molecule has 5 rings (SSSR count). The Balaban J connectivity index is 0.784. The molecule has 2 aromatic rings. The molecule has 2 fully saturated rings. The molecular formula is C37H51N5O8S. The van der Waals surface area contributed by atoms with Crippen molar-refractivity contribution in [3.8, 4) is 11.1 Å². The smallest absolute Gasteiger partial charge is 0.407 e. The predicted molar refractivity (Wildman–Crippen MR) is 195 cm³/mol. The Labute approximate surface area is 304 Å². The van der Waals surface area contributed by atoms with Gasteiger partial charge in [-0.1, -0.05) is 55.0 Å². The van der Waals surface area contributed by atoms with Crippen LogP contribution >= 0.6 is 11.8 Å². The van der Waals surface area contributed by atoms with Crippen LogP contribution in [-0.2, 0) is 28.5 Å². The summed E-state index contributed by atoms with van der Waals surface area (Å²) >= 11 is 1.89. The summed E-state index contributed by atoms with van der Waals surface area (Å²) in [6.45, 7) is 5.17. The Morgan fingerprint density at radius 1 is 0.824 bits per heavy atom. The lowest BCUT2D eigenvalue weighted by molar-refractivity contribution is -0.122. The summed E-state index contributed by atoms with van der Waals surface area (Å²) in [4.78, 5) is 48.3. The number of rotatable bonds is 22. The van der Waals surface area contributed by atoms with Crippen molar-refractivity contribution in [2.75, 3.05) is 65.1 Å². The number of fused-ring (bicyclic) bond motifs is 4. The SMILES string of the molecule is C[C@@H](CC(=O)NCCOCCOCCOCCNC(=O)CCCC[C@@H]1SC[C@H]2NC(=O)N[C@@H]12)NC(=O)OCC1c2ccccc2-c2ccccc21. The molecule has 278 valence electrons. The molecule has 13 nitrogen and oxygen atoms in total. The van der Waals surface area contributed by atoms with E-state index in [1.54, 1.807) is 6.92 Å². The number of nitrogens with one attached hydrogen (secondary N) is 5. The quantitative estimate of drug-likeness (QED) is 0.0905. The molecule has 1 aliphatic carbocycles. The maximum atomic E-state index is 12.5. The van der Waals surface area contributed by atoms with Gasteiger partial charge in [-0.2, -0.15) is 11.8 Å². The van der Waals surface area contributed by atoms with Gasteiger partial charge in [-0.3, -0.25) is 9.59 Å². The van der Waals surface area contributed by atoms with E-state index in [0.29, 0.717) is 64.4 Å². The van der Waals surface area contributed by atoms with Crippen LogP contribution < -0.4 is 26.6 Å². The molecule has 2 aliphatic heterocycles. The molecule has 0 unspecified atom stereocenters. The highest BCUT2D eigenvalue weighted by Gasteiger charge is 2.42. The maximum absolute atomic E-state index is 12.5. The molecule has 3 aliphatic rings. The van der Waals surface area contributed by atoms with Crippen LogP contribution in [0.1, 0.15) is 56.1 Å². The lowest BCUT2D eigenvalue weighted by Gasteiger charge is -2.17. The fraction of sp³-hybridized carbons (Fsp3) is 0.568. The first-order valence-corrected chi connectivity index (χ1v) is 19.0. The zero-order chi connectivity index (χ0) is 35.8. The van der Waals surface area contributed by atoms with Crippen LogP contribution in [0.15, 0.2) is 48.5 Å². The van der Waals surface area contributed by atoms with Gasteiger partial charge in [0, 0.05) is 48.9 Å². The topological polar surface area (TPSA) is 165 Å². The summed E-state index contributed by atoms with van der Waals surface area (Å²) in [6.07, 6.45) is 2.85. The van der Waals surface area contributed by atoms with Gasteiger partial charge in [0.15, 0.2) is 0 Å². The first kappa shape index (κ1) is 38.4. The van der Waals surface area contributed by atoms with Crippen molar-refractivity contribution < 1.29 is 38.1 Å². The van der Waals surface area contributed by atoms with Crippen molar-refractivity contribution in [1.82, 2.24) is 26.6 Å². The molecule has 4 atom stereocenters. The van der Waals surface area contributed by atoms with Crippen molar-refractivity contribution in [2.24, 2.45) is 0 Å². The van der Waals surface area contributed by atoms with Gasteiger partial charge in [0.2, 0.25) is 11.8 Å². The fourth-order valence-electron chi connectivity index (χ4n) is 6.67. The summed E-state index contributed by atoms with van der Waals surface area (Å²) in [5.41, 5.74) is 4.63. The number of carbonyl (C=O) groups is 4. The molecule has 2 saturated heterocycles. The van der Waals surface area contributed by atoms with E-state index in [9.17, 15) is 19.2 Å². The molecule has 0 radical (unpaired) electrons. The average Bonchev–Trinajstić information content (AvgIpc) is 3.78. The summed E-state index contributed by atoms with van der Waals surface area (Å²) in [5.74, 6) is 0.762. The third kappa shape index (κ3) is 11.8. The zero-order valence-corrected chi connectivity index (χ0v) is 30.1. The van der Waals surface area contributed by atoms with Gasteiger partial charge < -0.3 is 45.5 Å². The van der Waals surface area contributed by atoms with Gasteiger partial charge in [-0.15, -0.1) is 0 Å². The number of thioether (sulfide) groups is 1. The number of urea groups is 1. The highest BCUT2D eigenvalue weighted by molar-refractivity contribution is 8.00. The van der Waals surface area contributed by atoms with E-state index < -0.39 is 12.1 Å². The standard InChI is InChI=1S/C37H51N5O8S/c1-25(40-37(46)50-23-30-28-10-4-2-8-26(28)27-9-3-5-11-29(27)30)22-34(44)39-15-17-48-19-21-49-20-18-47-16-14-38-33(43)13-7-6-12-32-35-31(24-51-32)41-36(45)42-35/h2-5,8-11,25,30-32,35H,6-7,12-24H2,1H3,(H,38,43)(H,39,44)(H,40,46)(H2,41,42,45)/t25-,31+,32-,35+/m0/s1. The molecule has 5 amide bonds. The van der Waals surface area contributed by atoms with E-state index in [2.05, 4.69) is 50.8 Å². The largest absolute Gasteiger partial charge is 0.449 e. The molecule has 0 saturated carbocycles. The Morgan fingerprint density at radius 3 is 2.10 bits per heavy atom. The van der Waals surface area contributed by atoms with Crippen LogP contribution in [0.4, 0.5) is 9.59 Å². The van der Waals surface area contributed by atoms with Crippen LogP contribution in [0.2, 0.25) is 0 Å². The Morgan fingerprint density at radius 2 is 1.43 bits per heavy atom. The number of benzene rings is 2. The second-order valence-electron chi connectivity index (χ2n) is 13.0. The van der Waals surface area contributed by atoms with Crippen molar-refractivity contribution >= 4 is 35.7 Å². The predicted octanol–water partition coefficient (Wildman–Crippen LogP) is 3.31. The molecule has 2 heterocycles. The molecule has 0 bridgehead atoms. The van der Waals surface area contributed by atoms with E-state index in [-0.39, 0.29) is 48.9 Å². The summed E-state index contributed by atoms with van der Waals surface area (Å²) in [7, 11) is 0. The Kier molecular flexibility index (Phi) is 15.2. The fourth-order valence-corrected chi connectivity index (χ4v) is 8.22. The van der Waals surface area contributed by atoms with Gasteiger partial charge in [-0.05, 0) is 42.0 Å². The van der Waals surface area contributed by atoms with E-state index >= 15 is 0 Å². The average molecular weight is 726 g/mol. The summed E-state index contributed by atoms with van der Waals surface area (Å²) in [6, 6.07) is 16.3. The minimum Gasteiger partial charge on any atom is -0.449 e. The number of hydrogen-bond donors (Lipinski definition) is 5. The minimum absolute atomic E-state index is 0.0220. The highest BCUT2D eigenvalue weighted by Crippen LogP contribution is 2.44. The van der Waals surface area contributed by atoms with E-state index in [0.717, 1.165) is 36.1 Å². The number of hydrogen-bond acceptors (Lipinski definition) is 9. The van der Waals surface area contributed by atoms with Crippen LogP contribution in [0, 0.1) is 0 Å². The molecular weight excluding hydrogens is 675 g/mol. The van der Waals surface area contributed by atoms with Gasteiger partial charge in [0.25, 0.3) is 0 Å². The first-order valence-electron chi connectivity index (χ1n) is 18.0. The summed E-state index contributed by atoms with van der Waals surface area (Å²) < 4.78 is 22.1. The number of alkyl carbamates (subject to hydrolysis) is 1. The van der Waals surface area contributed by atoms with Crippen LogP contribution in [0.3, 0.4) is 0 Å². The number of amides is 5. The van der Waals surface area contributed by atoms with E-state index in [1.165, 1.54) is 11.1 Å². The van der Waals surface area contributed by atoms with E-state index in [1.807, 2.05) is 36.0 Å². The van der Waals surface area contributed by atoms with Gasteiger partial charge >= 0.3 is 12.1 Å². The highest BCUT2D eigenvalue weighted by atomic mass is 32.2. The van der Waals surface area contributed by atoms with Crippen molar-refractivity contribution in [3.63, 3.8) is 0 Å². The third-order valence-electron chi connectivity index (χ3n) is 9.16. The second kappa shape index (κ2) is 20.3. The monoisotopic (exact) mass is 725 g/mol. The van der Waals surface area contributed by atoms with Gasteiger partial charge in [-0.25, -0.2) is 9.59 Å². The van der Waals surface area contributed by atoms with Crippen molar-refractivity contribution in [3.05, 3.63) is 59.7 Å². The zero-order valence-electron chi connectivity index (χ0n) is 29.3. The number of carbonyl (C=O) groups excluding carboxylic acids is 4. The Bertz CT molecular complexity index is 1420. The van der Waals surface area contributed by atoms with Crippen LogP contribution in [-0.4, -0.2) is 112 Å². The molecule has 51 heavy (non-hydrogen) atoms. The Hall–Kier alpha value is -3.85. The number of unbranched alkanes of at least 4 members (excludes halogenated alkanes) is 1. The molecule has 14 heteroatoms. The van der Waals surface area contributed by atoms with Crippen LogP contribution in [0.25, 0.3) is 11.1 Å². The second-order valence-corrected chi connectivity index (χ2v) is 14.3.